The maximum Gasteiger partial charge on any atom is 0.126 e. The Labute approximate surface area is 121 Å². The first kappa shape index (κ1) is 18.0. The zero-order valence-electron chi connectivity index (χ0n) is 12.8. The number of hydrogen-bond acceptors (Lipinski definition) is 5. The van der Waals surface area contributed by atoms with Crippen LogP contribution in [0.15, 0.2) is 33.2 Å². The molecule has 0 amide bonds. The highest BCUT2D eigenvalue weighted by Crippen LogP contribution is 2.09. The molecule has 0 saturated heterocycles. The highest BCUT2D eigenvalue weighted by atomic mass is 16.5. The van der Waals surface area contributed by atoms with Gasteiger partial charge < -0.3 is 20.8 Å². The van der Waals surface area contributed by atoms with Gasteiger partial charge in [0.25, 0.3) is 0 Å². The van der Waals surface area contributed by atoms with E-state index in [2.05, 4.69) is 16.7 Å². The number of hydrogen-bond donors (Lipinski definition) is 2. The molecule has 0 radical (unpaired) electrons. The summed E-state index contributed by atoms with van der Waals surface area (Å²) < 4.78 is 5.04. The van der Waals surface area contributed by atoms with Gasteiger partial charge in [0.05, 0.1) is 6.61 Å². The number of aliphatic imine (C=N–C) groups is 2. The third kappa shape index (κ3) is 6.84. The topological polar surface area (TPSA) is 87.1 Å². The number of allylic oxidation sites excluding steroid dienone is 3. The summed E-state index contributed by atoms with van der Waals surface area (Å²) >= 11 is 0. The van der Waals surface area contributed by atoms with Crippen LogP contribution in [0.1, 0.15) is 20.3 Å². The summed E-state index contributed by atoms with van der Waals surface area (Å²) in [4.78, 5) is 9.75. The molecule has 0 spiro atoms. The SMILES string of the molecule is C=NC=N/C(=C\CC(=N)/C(C)=C(/C)N)N(C)CCOC. The molecular weight excluding hydrogens is 254 g/mol. The molecule has 6 nitrogen and oxygen atoms in total. The van der Waals surface area contributed by atoms with E-state index in [1.807, 2.05) is 24.9 Å². The van der Waals surface area contributed by atoms with Crippen molar-refractivity contribution >= 4 is 18.8 Å². The molecule has 0 heterocycles. The molecule has 0 fully saturated rings. The lowest BCUT2D eigenvalue weighted by Crippen LogP contribution is -2.21. The average molecular weight is 279 g/mol. The molecule has 0 saturated carbocycles. The summed E-state index contributed by atoms with van der Waals surface area (Å²) in [6.07, 6.45) is 3.71. The van der Waals surface area contributed by atoms with Crippen LogP contribution in [0.3, 0.4) is 0 Å². The second-order valence-electron chi connectivity index (χ2n) is 4.39. The van der Waals surface area contributed by atoms with E-state index in [9.17, 15) is 0 Å². The summed E-state index contributed by atoms with van der Waals surface area (Å²) in [6, 6.07) is 0. The predicted molar refractivity (Wildman–Crippen MR) is 85.5 cm³/mol. The molecular formula is C14H25N5O. The van der Waals surface area contributed by atoms with Crippen LogP contribution in [0.2, 0.25) is 0 Å². The van der Waals surface area contributed by atoms with Crippen LogP contribution in [0.5, 0.6) is 0 Å². The highest BCUT2D eigenvalue weighted by Gasteiger charge is 2.05. The number of nitrogens with one attached hydrogen (secondary N) is 1. The van der Waals surface area contributed by atoms with E-state index in [4.69, 9.17) is 15.9 Å². The third-order valence-electron chi connectivity index (χ3n) is 2.83. The van der Waals surface area contributed by atoms with Crippen LogP contribution in [0, 0.1) is 5.41 Å². The first-order valence-electron chi connectivity index (χ1n) is 6.33. The van der Waals surface area contributed by atoms with Crippen LogP contribution in [0.25, 0.3) is 0 Å². The van der Waals surface area contributed by atoms with Crippen molar-refractivity contribution in [3.63, 3.8) is 0 Å². The Morgan fingerprint density at radius 3 is 2.60 bits per heavy atom. The van der Waals surface area contributed by atoms with Gasteiger partial charge in [0.1, 0.15) is 12.2 Å². The smallest absolute Gasteiger partial charge is 0.126 e. The summed E-state index contributed by atoms with van der Waals surface area (Å²) in [5, 5.41) is 7.96. The molecule has 20 heavy (non-hydrogen) atoms. The van der Waals surface area contributed by atoms with E-state index in [-0.39, 0.29) is 0 Å². The fourth-order valence-corrected chi connectivity index (χ4v) is 1.33. The van der Waals surface area contributed by atoms with E-state index in [0.29, 0.717) is 31.0 Å². The van der Waals surface area contributed by atoms with Crippen molar-refractivity contribution < 1.29 is 4.74 Å². The van der Waals surface area contributed by atoms with Crippen molar-refractivity contribution in [1.82, 2.24) is 4.90 Å². The Balaban J connectivity index is 4.90. The number of methoxy groups -OCH3 is 1. The number of nitrogens with two attached hydrogens (primary N) is 1. The minimum absolute atomic E-state index is 0.460. The molecule has 0 bridgehead atoms. The minimum Gasteiger partial charge on any atom is -0.402 e. The number of ether oxygens (including phenoxy) is 1. The third-order valence-corrected chi connectivity index (χ3v) is 2.83. The first-order chi connectivity index (χ1) is 9.43. The van der Waals surface area contributed by atoms with Gasteiger partial charge in [-0.1, -0.05) is 0 Å². The lowest BCUT2D eigenvalue weighted by molar-refractivity contribution is 0.173. The first-order valence-corrected chi connectivity index (χ1v) is 6.33. The van der Waals surface area contributed by atoms with Crippen molar-refractivity contribution in [2.75, 3.05) is 27.3 Å². The van der Waals surface area contributed by atoms with Crippen LogP contribution in [-0.2, 0) is 4.74 Å². The zero-order valence-corrected chi connectivity index (χ0v) is 12.8. The van der Waals surface area contributed by atoms with Gasteiger partial charge in [-0.15, -0.1) is 0 Å². The second kappa shape index (κ2) is 9.91. The molecule has 0 aromatic rings. The summed E-state index contributed by atoms with van der Waals surface area (Å²) in [5.74, 6) is 0.724. The fourth-order valence-electron chi connectivity index (χ4n) is 1.33. The van der Waals surface area contributed by atoms with Crippen molar-refractivity contribution in [2.45, 2.75) is 20.3 Å². The van der Waals surface area contributed by atoms with Crippen LogP contribution in [-0.4, -0.2) is 51.0 Å². The van der Waals surface area contributed by atoms with E-state index in [0.717, 1.165) is 11.4 Å². The summed E-state index contributed by atoms with van der Waals surface area (Å²) in [6.45, 7) is 8.30. The fraction of sp³-hybridized carbons (Fsp3) is 0.500. The summed E-state index contributed by atoms with van der Waals surface area (Å²) in [7, 11) is 3.56. The average Bonchev–Trinajstić information content (AvgIpc) is 2.43. The molecule has 112 valence electrons. The molecule has 0 aliphatic heterocycles. The van der Waals surface area contributed by atoms with E-state index < -0.39 is 0 Å². The molecule has 0 rings (SSSR count). The normalized spacial score (nSPS) is 13.3. The Morgan fingerprint density at radius 2 is 2.10 bits per heavy atom. The van der Waals surface area contributed by atoms with Crippen LogP contribution >= 0.6 is 0 Å². The van der Waals surface area contributed by atoms with Gasteiger partial charge in [-0.3, -0.25) is 4.99 Å². The van der Waals surface area contributed by atoms with E-state index in [1.165, 1.54) is 6.34 Å². The maximum atomic E-state index is 7.96. The van der Waals surface area contributed by atoms with E-state index in [1.54, 1.807) is 14.0 Å². The van der Waals surface area contributed by atoms with Crippen molar-refractivity contribution in [1.29, 1.82) is 5.41 Å². The standard InChI is InChI=1S/C14H25N5O/c1-11(12(2)15)13(16)6-7-14(18-10-17-3)19(4)8-9-20-5/h7,10,16H,3,6,8-9,15H2,1-2,4-5H3/b12-11-,14-7+,16-13?,18-10?. The Bertz CT molecular complexity index is 419. The van der Waals surface area contributed by atoms with Gasteiger partial charge in [-0.25, -0.2) is 4.99 Å². The molecule has 3 N–H and O–H groups in total. The second-order valence-corrected chi connectivity index (χ2v) is 4.39. The van der Waals surface area contributed by atoms with Gasteiger partial charge in [0.2, 0.25) is 0 Å². The Kier molecular flexibility index (Phi) is 8.95. The summed E-state index contributed by atoms with van der Waals surface area (Å²) in [5.41, 5.74) is 7.62. The number of nitrogens with zero attached hydrogens (tertiary/aromatic N) is 3. The maximum absolute atomic E-state index is 7.96. The van der Waals surface area contributed by atoms with Gasteiger partial charge in [0.15, 0.2) is 0 Å². The van der Waals surface area contributed by atoms with Crippen LogP contribution in [0.4, 0.5) is 0 Å². The number of rotatable bonds is 9. The van der Waals surface area contributed by atoms with Gasteiger partial charge in [-0.05, 0) is 32.2 Å². The van der Waals surface area contributed by atoms with Gasteiger partial charge >= 0.3 is 0 Å². The molecule has 6 heteroatoms. The van der Waals surface area contributed by atoms with Gasteiger partial charge in [-0.2, -0.15) is 0 Å². The predicted octanol–water partition coefficient (Wildman–Crippen LogP) is 1.80. The molecule has 0 unspecified atom stereocenters. The Hall–Kier alpha value is -1.95. The van der Waals surface area contributed by atoms with Crippen molar-refractivity contribution in [3.8, 4) is 0 Å². The number of likely N-dealkylation sites (N-methyl/N-ethyl adjacent to an activating group) is 1. The molecule has 0 aromatic heterocycles. The lowest BCUT2D eigenvalue weighted by Gasteiger charge is -2.19. The highest BCUT2D eigenvalue weighted by molar-refractivity contribution is 5.98. The largest absolute Gasteiger partial charge is 0.402 e. The zero-order chi connectivity index (χ0) is 15.5. The monoisotopic (exact) mass is 279 g/mol. The molecule has 0 atom stereocenters. The van der Waals surface area contributed by atoms with Crippen molar-refractivity contribution in [2.24, 2.45) is 15.7 Å². The molecule has 0 aliphatic rings. The minimum atomic E-state index is 0.460. The van der Waals surface area contributed by atoms with E-state index >= 15 is 0 Å². The lowest BCUT2D eigenvalue weighted by atomic mass is 10.1. The molecule has 0 aromatic carbocycles. The quantitative estimate of drug-likeness (QED) is 0.498. The Morgan fingerprint density at radius 1 is 1.45 bits per heavy atom. The van der Waals surface area contributed by atoms with Crippen molar-refractivity contribution in [3.05, 3.63) is 23.2 Å². The van der Waals surface area contributed by atoms with Gasteiger partial charge in [0, 0.05) is 38.5 Å². The van der Waals surface area contributed by atoms with Crippen LogP contribution < -0.4 is 5.73 Å². The molecule has 0 aliphatic carbocycles.